The molecule has 0 spiro atoms. The van der Waals surface area contributed by atoms with E-state index in [1.807, 2.05) is 0 Å². The standard InChI is InChI=1S/C25H21ClFNO4S/c1-16-5-2-3-8-23(16)33(31,32)28-22(17-9-11-19(26)12-10-17)14-13-21(25(29)30)24(28)18-6-4-7-20(27)15-18/h2-13,15,22,24H,14H2,1H3,(H,29,30). The molecule has 1 aliphatic rings. The fourth-order valence-corrected chi connectivity index (χ4v) is 6.35. The van der Waals surface area contributed by atoms with Crippen LogP contribution in [0.4, 0.5) is 4.39 Å². The van der Waals surface area contributed by atoms with E-state index in [2.05, 4.69) is 0 Å². The number of sulfonamides is 1. The zero-order valence-corrected chi connectivity index (χ0v) is 19.2. The van der Waals surface area contributed by atoms with Crippen molar-refractivity contribution < 1.29 is 22.7 Å². The molecule has 0 fully saturated rings. The van der Waals surface area contributed by atoms with Gasteiger partial charge < -0.3 is 5.11 Å². The first-order valence-electron chi connectivity index (χ1n) is 10.2. The van der Waals surface area contributed by atoms with Crippen LogP contribution in [0.2, 0.25) is 5.02 Å². The van der Waals surface area contributed by atoms with Crippen LogP contribution in [-0.4, -0.2) is 23.8 Å². The SMILES string of the molecule is Cc1ccccc1S(=O)(=O)N1C(c2ccc(Cl)cc2)CC=C(C(=O)O)C1c1cccc(F)c1. The molecule has 33 heavy (non-hydrogen) atoms. The molecular weight excluding hydrogens is 465 g/mol. The molecule has 0 saturated heterocycles. The lowest BCUT2D eigenvalue weighted by Crippen LogP contribution is -2.42. The van der Waals surface area contributed by atoms with E-state index in [1.54, 1.807) is 49.4 Å². The lowest BCUT2D eigenvalue weighted by Gasteiger charge is -2.41. The summed E-state index contributed by atoms with van der Waals surface area (Å²) >= 11 is 6.04. The Morgan fingerprint density at radius 2 is 1.73 bits per heavy atom. The lowest BCUT2D eigenvalue weighted by molar-refractivity contribution is -0.133. The number of benzene rings is 3. The maximum absolute atomic E-state index is 14.2. The van der Waals surface area contributed by atoms with Gasteiger partial charge in [-0.05, 0) is 60.4 Å². The van der Waals surface area contributed by atoms with Crippen molar-refractivity contribution in [2.24, 2.45) is 0 Å². The number of rotatable bonds is 5. The van der Waals surface area contributed by atoms with Gasteiger partial charge in [-0.25, -0.2) is 17.6 Å². The van der Waals surface area contributed by atoms with Gasteiger partial charge in [0.15, 0.2) is 0 Å². The fraction of sp³-hybridized carbons (Fsp3) is 0.160. The summed E-state index contributed by atoms with van der Waals surface area (Å²) in [6.45, 7) is 1.68. The number of hydrogen-bond donors (Lipinski definition) is 1. The van der Waals surface area contributed by atoms with E-state index in [9.17, 15) is 22.7 Å². The molecule has 1 aliphatic heterocycles. The predicted molar refractivity (Wildman–Crippen MR) is 124 cm³/mol. The number of carboxylic acids is 1. The first kappa shape index (κ1) is 23.2. The molecule has 0 saturated carbocycles. The van der Waals surface area contributed by atoms with Crippen LogP contribution >= 0.6 is 11.6 Å². The number of carboxylic acid groups (broad SMARTS) is 1. The molecule has 0 amide bonds. The van der Waals surface area contributed by atoms with E-state index in [0.717, 1.165) is 0 Å². The summed E-state index contributed by atoms with van der Waals surface area (Å²) in [6.07, 6.45) is 1.65. The van der Waals surface area contributed by atoms with Crippen LogP contribution in [0.1, 0.15) is 35.2 Å². The van der Waals surface area contributed by atoms with Crippen molar-refractivity contribution in [3.8, 4) is 0 Å². The number of carbonyl (C=O) groups is 1. The summed E-state index contributed by atoms with van der Waals surface area (Å²) in [5.41, 5.74) is 1.29. The van der Waals surface area contributed by atoms with E-state index in [1.165, 1.54) is 40.7 Å². The maximum Gasteiger partial charge on any atom is 0.333 e. The highest BCUT2D eigenvalue weighted by molar-refractivity contribution is 7.89. The van der Waals surface area contributed by atoms with Gasteiger partial charge in [-0.2, -0.15) is 4.31 Å². The van der Waals surface area contributed by atoms with E-state index >= 15 is 0 Å². The van der Waals surface area contributed by atoms with Crippen LogP contribution < -0.4 is 0 Å². The predicted octanol–water partition coefficient (Wildman–Crippen LogP) is 5.68. The Bertz CT molecular complexity index is 1340. The van der Waals surface area contributed by atoms with E-state index in [-0.39, 0.29) is 22.5 Å². The molecule has 0 aromatic heterocycles. The summed E-state index contributed by atoms with van der Waals surface area (Å²) in [4.78, 5) is 12.3. The Morgan fingerprint density at radius 3 is 2.36 bits per heavy atom. The van der Waals surface area contributed by atoms with Gasteiger partial charge in [0.05, 0.1) is 22.6 Å². The van der Waals surface area contributed by atoms with Crippen molar-refractivity contribution in [2.45, 2.75) is 30.3 Å². The Morgan fingerprint density at radius 1 is 1.03 bits per heavy atom. The minimum absolute atomic E-state index is 0.0667. The van der Waals surface area contributed by atoms with Gasteiger partial charge in [-0.3, -0.25) is 0 Å². The highest BCUT2D eigenvalue weighted by Gasteiger charge is 2.45. The summed E-state index contributed by atoms with van der Waals surface area (Å²) in [5.74, 6) is -1.84. The molecule has 3 aromatic rings. The summed E-state index contributed by atoms with van der Waals surface area (Å²) in [7, 11) is -4.20. The molecule has 8 heteroatoms. The molecule has 0 radical (unpaired) electrons. The minimum atomic E-state index is -4.20. The van der Waals surface area contributed by atoms with Crippen LogP contribution in [0, 0.1) is 12.7 Å². The fourth-order valence-electron chi connectivity index (χ4n) is 4.21. The van der Waals surface area contributed by atoms with Crippen molar-refractivity contribution in [3.05, 3.63) is 112 Å². The first-order valence-corrected chi connectivity index (χ1v) is 12.1. The molecule has 1 heterocycles. The second-order valence-corrected chi connectivity index (χ2v) is 10.1. The van der Waals surface area contributed by atoms with E-state index in [4.69, 9.17) is 11.6 Å². The van der Waals surface area contributed by atoms with Gasteiger partial charge in [0, 0.05) is 5.02 Å². The molecule has 0 aliphatic carbocycles. The van der Waals surface area contributed by atoms with Gasteiger partial charge in [-0.1, -0.05) is 60.1 Å². The average molecular weight is 486 g/mol. The number of aryl methyl sites for hydroxylation is 1. The minimum Gasteiger partial charge on any atom is -0.478 e. The normalized spacial score (nSPS) is 19.2. The highest BCUT2D eigenvalue weighted by atomic mass is 35.5. The van der Waals surface area contributed by atoms with Gasteiger partial charge in [0.2, 0.25) is 10.0 Å². The Balaban J connectivity index is 2.00. The van der Waals surface area contributed by atoms with Crippen LogP contribution in [-0.2, 0) is 14.8 Å². The zero-order valence-electron chi connectivity index (χ0n) is 17.7. The average Bonchev–Trinajstić information content (AvgIpc) is 2.78. The topological polar surface area (TPSA) is 74.7 Å². The molecule has 5 nitrogen and oxygen atoms in total. The third kappa shape index (κ3) is 4.44. The van der Waals surface area contributed by atoms with Crippen molar-refractivity contribution in [1.29, 1.82) is 0 Å². The van der Waals surface area contributed by atoms with Crippen LogP contribution in [0.3, 0.4) is 0 Å². The molecule has 1 N–H and O–H groups in total. The van der Waals surface area contributed by atoms with Crippen LogP contribution in [0.25, 0.3) is 0 Å². The summed E-state index contributed by atoms with van der Waals surface area (Å²) in [6, 6.07) is 16.7. The Labute approximate surface area is 196 Å². The van der Waals surface area contributed by atoms with Gasteiger partial charge in [0.1, 0.15) is 5.82 Å². The molecule has 3 aromatic carbocycles. The summed E-state index contributed by atoms with van der Waals surface area (Å²) in [5, 5.41) is 10.4. The molecule has 4 rings (SSSR count). The highest BCUT2D eigenvalue weighted by Crippen LogP contribution is 2.46. The van der Waals surface area contributed by atoms with Crippen LogP contribution in [0.5, 0.6) is 0 Å². The zero-order chi connectivity index (χ0) is 23.8. The van der Waals surface area contributed by atoms with Crippen LogP contribution in [0.15, 0.2) is 89.3 Å². The van der Waals surface area contributed by atoms with E-state index in [0.29, 0.717) is 16.1 Å². The molecular formula is C25H21ClFNO4S. The summed E-state index contributed by atoms with van der Waals surface area (Å²) < 4.78 is 43.5. The van der Waals surface area contributed by atoms with Gasteiger partial charge >= 0.3 is 5.97 Å². The Hall–Kier alpha value is -3.00. The van der Waals surface area contributed by atoms with Crippen molar-refractivity contribution >= 4 is 27.6 Å². The number of halogens is 2. The Kier molecular flexibility index (Phi) is 6.38. The number of nitrogens with zero attached hydrogens (tertiary/aromatic N) is 1. The third-order valence-corrected chi connectivity index (χ3v) is 8.02. The quantitative estimate of drug-likeness (QED) is 0.505. The second-order valence-electron chi connectivity index (χ2n) is 7.83. The third-order valence-electron chi connectivity index (χ3n) is 5.73. The lowest BCUT2D eigenvalue weighted by atomic mass is 9.89. The van der Waals surface area contributed by atoms with Crippen molar-refractivity contribution in [1.82, 2.24) is 4.31 Å². The second kappa shape index (κ2) is 9.09. The molecule has 2 atom stereocenters. The van der Waals surface area contributed by atoms with Gasteiger partial charge in [-0.15, -0.1) is 0 Å². The van der Waals surface area contributed by atoms with E-state index < -0.39 is 33.9 Å². The smallest absolute Gasteiger partial charge is 0.333 e. The monoisotopic (exact) mass is 485 g/mol. The van der Waals surface area contributed by atoms with Crippen molar-refractivity contribution in [3.63, 3.8) is 0 Å². The first-order chi connectivity index (χ1) is 15.7. The number of aliphatic carboxylic acids is 1. The van der Waals surface area contributed by atoms with Crippen molar-refractivity contribution in [2.75, 3.05) is 0 Å². The maximum atomic E-state index is 14.2. The molecule has 170 valence electrons. The molecule has 0 bridgehead atoms. The largest absolute Gasteiger partial charge is 0.478 e. The van der Waals surface area contributed by atoms with Gasteiger partial charge in [0.25, 0.3) is 0 Å². The molecule has 2 unspecified atom stereocenters. The number of hydrogen-bond acceptors (Lipinski definition) is 3.